The van der Waals surface area contributed by atoms with Crippen molar-refractivity contribution in [3.05, 3.63) is 23.8 Å². The van der Waals surface area contributed by atoms with Crippen molar-refractivity contribution in [2.24, 2.45) is 5.92 Å². The summed E-state index contributed by atoms with van der Waals surface area (Å²) < 4.78 is 43.3. The molecule has 1 atom stereocenters. The SMILES string of the molecule is COc1ccc(C(F)(F)F)cc1N1CC(CO)CC1=O. The van der Waals surface area contributed by atoms with Gasteiger partial charge in [-0.25, -0.2) is 0 Å². The van der Waals surface area contributed by atoms with Gasteiger partial charge in [-0.1, -0.05) is 0 Å². The molecule has 1 heterocycles. The van der Waals surface area contributed by atoms with Crippen molar-refractivity contribution in [3.8, 4) is 5.75 Å². The van der Waals surface area contributed by atoms with Crippen LogP contribution in [0.4, 0.5) is 18.9 Å². The number of carbonyl (C=O) groups is 1. The minimum atomic E-state index is -4.49. The number of rotatable bonds is 3. The fourth-order valence-electron chi connectivity index (χ4n) is 2.21. The van der Waals surface area contributed by atoms with E-state index in [4.69, 9.17) is 9.84 Å². The summed E-state index contributed by atoms with van der Waals surface area (Å²) in [7, 11) is 1.33. The number of alkyl halides is 3. The second kappa shape index (κ2) is 5.32. The summed E-state index contributed by atoms with van der Waals surface area (Å²) in [6.45, 7) is 0.0104. The average molecular weight is 289 g/mol. The van der Waals surface area contributed by atoms with Gasteiger partial charge in [0.15, 0.2) is 0 Å². The summed E-state index contributed by atoms with van der Waals surface area (Å²) in [4.78, 5) is 13.1. The van der Waals surface area contributed by atoms with Gasteiger partial charge < -0.3 is 14.7 Å². The van der Waals surface area contributed by atoms with Gasteiger partial charge in [0.2, 0.25) is 5.91 Å². The van der Waals surface area contributed by atoms with E-state index in [9.17, 15) is 18.0 Å². The maximum Gasteiger partial charge on any atom is 0.416 e. The zero-order chi connectivity index (χ0) is 14.9. The van der Waals surface area contributed by atoms with Gasteiger partial charge in [0.05, 0.1) is 18.4 Å². The minimum Gasteiger partial charge on any atom is -0.495 e. The molecule has 1 aromatic rings. The molecule has 1 N–H and O–H groups in total. The lowest BCUT2D eigenvalue weighted by Gasteiger charge is -2.21. The van der Waals surface area contributed by atoms with Crippen LogP contribution < -0.4 is 9.64 Å². The number of carbonyl (C=O) groups excluding carboxylic acids is 1. The summed E-state index contributed by atoms with van der Waals surface area (Å²) in [6.07, 6.45) is -4.37. The van der Waals surface area contributed by atoms with Crippen molar-refractivity contribution in [1.29, 1.82) is 0 Å². The first-order chi connectivity index (χ1) is 9.36. The van der Waals surface area contributed by atoms with Crippen molar-refractivity contribution in [2.45, 2.75) is 12.6 Å². The van der Waals surface area contributed by atoms with Crippen LogP contribution in [0, 0.1) is 5.92 Å². The van der Waals surface area contributed by atoms with E-state index in [-0.39, 0.29) is 42.8 Å². The standard InChI is InChI=1S/C13H14F3NO3/c1-20-11-3-2-9(13(14,15)16)5-10(11)17-6-8(7-18)4-12(17)19/h2-3,5,8,18H,4,6-7H2,1H3. The molecule has 110 valence electrons. The smallest absolute Gasteiger partial charge is 0.416 e. The topological polar surface area (TPSA) is 49.8 Å². The molecular weight excluding hydrogens is 275 g/mol. The summed E-state index contributed by atoms with van der Waals surface area (Å²) >= 11 is 0. The normalized spacial score (nSPS) is 19.6. The maximum atomic E-state index is 12.7. The van der Waals surface area contributed by atoms with Crippen molar-refractivity contribution in [1.82, 2.24) is 0 Å². The second-order valence-electron chi connectivity index (χ2n) is 4.64. The van der Waals surface area contributed by atoms with Gasteiger partial charge in [0.1, 0.15) is 5.75 Å². The number of aliphatic hydroxyl groups is 1. The molecule has 0 aliphatic carbocycles. The van der Waals surface area contributed by atoms with Crippen LogP contribution in [0.2, 0.25) is 0 Å². The Morgan fingerprint density at radius 2 is 2.15 bits per heavy atom. The van der Waals surface area contributed by atoms with Crippen LogP contribution in [0.25, 0.3) is 0 Å². The molecular formula is C13H14F3NO3. The number of halogens is 3. The Hall–Kier alpha value is -1.76. The fourth-order valence-corrected chi connectivity index (χ4v) is 2.21. The fraction of sp³-hybridized carbons (Fsp3) is 0.462. The first-order valence-electron chi connectivity index (χ1n) is 6.03. The first kappa shape index (κ1) is 14.6. The number of ether oxygens (including phenoxy) is 1. The van der Waals surface area contributed by atoms with Crippen molar-refractivity contribution in [2.75, 3.05) is 25.2 Å². The highest BCUT2D eigenvalue weighted by Crippen LogP contribution is 2.38. The van der Waals surface area contributed by atoms with Gasteiger partial charge in [-0.05, 0) is 18.2 Å². The van der Waals surface area contributed by atoms with Gasteiger partial charge in [-0.2, -0.15) is 13.2 Å². The lowest BCUT2D eigenvalue weighted by molar-refractivity contribution is -0.137. The Morgan fingerprint density at radius 1 is 1.45 bits per heavy atom. The molecule has 0 spiro atoms. The molecule has 1 fully saturated rings. The molecule has 20 heavy (non-hydrogen) atoms. The molecule has 1 aromatic carbocycles. The quantitative estimate of drug-likeness (QED) is 0.926. The number of hydrogen-bond donors (Lipinski definition) is 1. The predicted octanol–water partition coefficient (Wildman–Crippen LogP) is 2.06. The van der Waals surface area contributed by atoms with E-state index in [2.05, 4.69) is 0 Å². The molecule has 1 saturated heterocycles. The number of anilines is 1. The maximum absolute atomic E-state index is 12.7. The molecule has 7 heteroatoms. The molecule has 2 rings (SSSR count). The lowest BCUT2D eigenvalue weighted by Crippen LogP contribution is -2.26. The zero-order valence-electron chi connectivity index (χ0n) is 10.8. The highest BCUT2D eigenvalue weighted by atomic mass is 19.4. The highest BCUT2D eigenvalue weighted by Gasteiger charge is 2.35. The molecule has 0 saturated carbocycles. The summed E-state index contributed by atoms with van der Waals surface area (Å²) in [5.41, 5.74) is -0.753. The predicted molar refractivity (Wildman–Crippen MR) is 65.5 cm³/mol. The molecule has 1 unspecified atom stereocenters. The summed E-state index contributed by atoms with van der Waals surface area (Å²) in [5, 5.41) is 9.07. The van der Waals surface area contributed by atoms with Crippen LogP contribution >= 0.6 is 0 Å². The number of aliphatic hydroxyl groups excluding tert-OH is 1. The molecule has 1 aliphatic rings. The van der Waals surface area contributed by atoms with E-state index in [0.717, 1.165) is 12.1 Å². The Balaban J connectivity index is 2.41. The van der Waals surface area contributed by atoms with Gasteiger partial charge in [0, 0.05) is 25.5 Å². The molecule has 4 nitrogen and oxygen atoms in total. The van der Waals surface area contributed by atoms with E-state index in [1.165, 1.54) is 18.1 Å². The molecule has 1 aliphatic heterocycles. The van der Waals surface area contributed by atoms with Crippen molar-refractivity contribution < 1.29 is 27.8 Å². The Labute approximate surface area is 113 Å². The van der Waals surface area contributed by atoms with Crippen LogP contribution in [0.5, 0.6) is 5.75 Å². The number of benzene rings is 1. The van der Waals surface area contributed by atoms with Crippen molar-refractivity contribution in [3.63, 3.8) is 0 Å². The first-order valence-corrected chi connectivity index (χ1v) is 6.03. The van der Waals surface area contributed by atoms with Gasteiger partial charge in [-0.3, -0.25) is 4.79 Å². The van der Waals surface area contributed by atoms with E-state index in [1.807, 2.05) is 0 Å². The summed E-state index contributed by atoms with van der Waals surface area (Å²) in [6, 6.07) is 3.00. The largest absolute Gasteiger partial charge is 0.495 e. The molecule has 0 bridgehead atoms. The summed E-state index contributed by atoms with van der Waals surface area (Å²) in [5.74, 6) is -0.381. The van der Waals surface area contributed by atoms with E-state index < -0.39 is 11.7 Å². The zero-order valence-corrected chi connectivity index (χ0v) is 10.8. The van der Waals surface area contributed by atoms with Crippen LogP contribution in [-0.4, -0.2) is 31.3 Å². The second-order valence-corrected chi connectivity index (χ2v) is 4.64. The third-order valence-electron chi connectivity index (χ3n) is 3.26. The molecule has 0 radical (unpaired) electrons. The van der Waals surface area contributed by atoms with Gasteiger partial charge >= 0.3 is 6.18 Å². The van der Waals surface area contributed by atoms with Crippen LogP contribution in [0.15, 0.2) is 18.2 Å². The Morgan fingerprint density at radius 3 is 2.65 bits per heavy atom. The van der Waals surface area contributed by atoms with E-state index in [0.29, 0.717) is 0 Å². The lowest BCUT2D eigenvalue weighted by atomic mass is 10.1. The molecule has 0 aromatic heterocycles. The highest BCUT2D eigenvalue weighted by molar-refractivity contribution is 5.97. The monoisotopic (exact) mass is 289 g/mol. The third-order valence-corrected chi connectivity index (χ3v) is 3.26. The molecule has 1 amide bonds. The van der Waals surface area contributed by atoms with Gasteiger partial charge in [-0.15, -0.1) is 0 Å². The van der Waals surface area contributed by atoms with Gasteiger partial charge in [0.25, 0.3) is 0 Å². The van der Waals surface area contributed by atoms with E-state index in [1.54, 1.807) is 0 Å². The third kappa shape index (κ3) is 2.72. The van der Waals surface area contributed by atoms with Crippen LogP contribution in [0.3, 0.4) is 0 Å². The van der Waals surface area contributed by atoms with Crippen LogP contribution in [0.1, 0.15) is 12.0 Å². The van der Waals surface area contributed by atoms with Crippen molar-refractivity contribution >= 4 is 11.6 Å². The number of methoxy groups -OCH3 is 1. The van der Waals surface area contributed by atoms with E-state index >= 15 is 0 Å². The Kier molecular flexibility index (Phi) is 3.89. The number of amides is 1. The minimum absolute atomic E-state index is 0.0864. The average Bonchev–Trinajstić information content (AvgIpc) is 2.78. The number of hydrogen-bond acceptors (Lipinski definition) is 3. The van der Waals surface area contributed by atoms with Crippen LogP contribution in [-0.2, 0) is 11.0 Å². The Bertz CT molecular complexity index is 516. The number of nitrogens with zero attached hydrogens (tertiary/aromatic N) is 1.